The standard InChI is InChI=1S/C33H36F4N4O4.C5H7F3O/c1-39-18-32(19-39)20-40(30(42)24-12-38-41(14-24)13-21-2-4-26(34)5-3-21)15-25(32)17-45-16-23-10-27(35)11-28(29(23)31(43)44)22-6-8-33(36,37)9-7-22;1-4(2,3-9)5(6,7)8/h2-5,10-12,14,22,25H,6-9,13,15-20H2,1H3,(H,43,44);3H,1-2H3. The molecule has 1 spiro atoms. The summed E-state index contributed by atoms with van der Waals surface area (Å²) < 4.78 is 98.0. The number of hydrogen-bond acceptors (Lipinski definition) is 6. The molecule has 0 bridgehead atoms. The van der Waals surface area contributed by atoms with E-state index in [4.69, 9.17) is 4.74 Å². The molecule has 294 valence electrons. The predicted molar refractivity (Wildman–Crippen MR) is 182 cm³/mol. The number of halogens is 7. The molecular formula is C38H43F7N4O5. The Kier molecular flexibility index (Phi) is 12.0. The number of amides is 1. The number of ether oxygens (including phenoxy) is 1. The number of carbonyl (C=O) groups is 3. The van der Waals surface area contributed by atoms with Crippen LogP contribution in [0.15, 0.2) is 48.8 Å². The molecule has 1 aromatic heterocycles. The molecule has 1 amide bonds. The molecule has 3 aromatic rings. The summed E-state index contributed by atoms with van der Waals surface area (Å²) in [6, 6.07) is 8.39. The number of carbonyl (C=O) groups excluding carboxylic acids is 2. The van der Waals surface area contributed by atoms with E-state index in [1.807, 2.05) is 7.05 Å². The van der Waals surface area contributed by atoms with Gasteiger partial charge in [0.05, 0.1) is 37.1 Å². The van der Waals surface area contributed by atoms with E-state index in [1.54, 1.807) is 27.9 Å². The van der Waals surface area contributed by atoms with Crippen LogP contribution in [0.2, 0.25) is 0 Å². The van der Waals surface area contributed by atoms with Crippen molar-refractivity contribution in [2.75, 3.05) is 39.8 Å². The normalized spacial score (nSPS) is 20.0. The van der Waals surface area contributed by atoms with Crippen LogP contribution in [0.5, 0.6) is 0 Å². The number of likely N-dealkylation sites (tertiary alicyclic amines) is 2. The maximum absolute atomic E-state index is 14.7. The molecule has 1 atom stereocenters. The number of nitrogens with zero attached hydrogens (tertiary/aromatic N) is 4. The summed E-state index contributed by atoms with van der Waals surface area (Å²) in [5, 5.41) is 14.4. The van der Waals surface area contributed by atoms with Crippen LogP contribution in [0, 0.1) is 28.4 Å². The second-order valence-corrected chi connectivity index (χ2v) is 15.3. The van der Waals surface area contributed by atoms with E-state index in [1.165, 1.54) is 18.3 Å². The second-order valence-electron chi connectivity index (χ2n) is 15.3. The van der Waals surface area contributed by atoms with Crippen LogP contribution in [0.4, 0.5) is 30.7 Å². The highest BCUT2D eigenvalue weighted by atomic mass is 19.4. The Labute approximate surface area is 308 Å². The summed E-state index contributed by atoms with van der Waals surface area (Å²) in [5.41, 5.74) is -0.756. The van der Waals surface area contributed by atoms with Crippen LogP contribution in [-0.4, -0.2) is 94.8 Å². The fourth-order valence-corrected chi connectivity index (χ4v) is 7.44. The number of carboxylic acid groups (broad SMARTS) is 1. The minimum Gasteiger partial charge on any atom is -0.478 e. The van der Waals surface area contributed by atoms with Crippen LogP contribution in [0.25, 0.3) is 0 Å². The summed E-state index contributed by atoms with van der Waals surface area (Å²) in [6.45, 7) is 4.66. The molecule has 9 nitrogen and oxygen atoms in total. The molecule has 54 heavy (non-hydrogen) atoms. The van der Waals surface area contributed by atoms with Gasteiger partial charge in [0.2, 0.25) is 5.92 Å². The highest BCUT2D eigenvalue weighted by Gasteiger charge is 2.54. The van der Waals surface area contributed by atoms with Gasteiger partial charge in [-0.15, -0.1) is 0 Å². The van der Waals surface area contributed by atoms with Crippen molar-refractivity contribution in [3.05, 3.63) is 88.2 Å². The third-order valence-corrected chi connectivity index (χ3v) is 10.6. The molecule has 6 rings (SSSR count). The van der Waals surface area contributed by atoms with Gasteiger partial charge in [0, 0.05) is 56.6 Å². The van der Waals surface area contributed by atoms with Gasteiger partial charge in [0.1, 0.15) is 23.3 Å². The first kappa shape index (κ1) is 40.9. The van der Waals surface area contributed by atoms with Crippen molar-refractivity contribution in [1.29, 1.82) is 0 Å². The Morgan fingerprint density at radius 3 is 2.22 bits per heavy atom. The van der Waals surface area contributed by atoms with Gasteiger partial charge in [-0.3, -0.25) is 9.48 Å². The lowest BCUT2D eigenvalue weighted by atomic mass is 9.72. The number of carboxylic acids is 1. The molecule has 1 saturated carbocycles. The van der Waals surface area contributed by atoms with Gasteiger partial charge >= 0.3 is 12.1 Å². The maximum Gasteiger partial charge on any atom is 0.400 e. The number of alkyl halides is 5. The Bertz CT molecular complexity index is 1810. The average molecular weight is 769 g/mol. The Hall–Kier alpha value is -4.31. The molecule has 16 heteroatoms. The van der Waals surface area contributed by atoms with Crippen LogP contribution in [-0.2, 0) is 22.7 Å². The third kappa shape index (κ3) is 9.31. The van der Waals surface area contributed by atoms with Crippen molar-refractivity contribution in [3.63, 3.8) is 0 Å². The molecule has 1 aliphatic carbocycles. The van der Waals surface area contributed by atoms with Gasteiger partial charge in [0.25, 0.3) is 5.91 Å². The van der Waals surface area contributed by atoms with Crippen LogP contribution in [0.1, 0.15) is 82.9 Å². The molecule has 3 fully saturated rings. The third-order valence-electron chi connectivity index (χ3n) is 10.6. The summed E-state index contributed by atoms with van der Waals surface area (Å²) in [5.74, 6) is -5.63. The molecule has 1 N–H and O–H groups in total. The quantitative estimate of drug-likeness (QED) is 0.172. The lowest BCUT2D eigenvalue weighted by molar-refractivity contribution is -0.203. The van der Waals surface area contributed by atoms with E-state index in [9.17, 15) is 50.2 Å². The van der Waals surface area contributed by atoms with E-state index in [0.717, 1.165) is 44.6 Å². The fraction of sp³-hybridized carbons (Fsp3) is 0.526. The van der Waals surface area contributed by atoms with E-state index in [-0.39, 0.29) is 84.9 Å². The van der Waals surface area contributed by atoms with Gasteiger partial charge in [0.15, 0.2) is 0 Å². The average Bonchev–Trinajstić information content (AvgIpc) is 3.70. The molecule has 1 unspecified atom stereocenters. The topological polar surface area (TPSA) is 105 Å². The Morgan fingerprint density at radius 2 is 1.67 bits per heavy atom. The van der Waals surface area contributed by atoms with Crippen molar-refractivity contribution in [3.8, 4) is 0 Å². The number of aldehydes is 1. The van der Waals surface area contributed by atoms with Crippen molar-refractivity contribution in [2.24, 2.45) is 16.7 Å². The lowest BCUT2D eigenvalue weighted by Gasteiger charge is -2.49. The number of benzene rings is 2. The largest absolute Gasteiger partial charge is 0.478 e. The molecule has 2 saturated heterocycles. The molecular weight excluding hydrogens is 725 g/mol. The Morgan fingerprint density at radius 1 is 1.02 bits per heavy atom. The highest BCUT2D eigenvalue weighted by molar-refractivity contribution is 5.94. The van der Waals surface area contributed by atoms with Gasteiger partial charge in [-0.1, -0.05) is 12.1 Å². The summed E-state index contributed by atoms with van der Waals surface area (Å²) in [4.78, 5) is 39.5. The van der Waals surface area contributed by atoms with Crippen LogP contribution < -0.4 is 0 Å². The van der Waals surface area contributed by atoms with Crippen LogP contribution in [0.3, 0.4) is 0 Å². The van der Waals surface area contributed by atoms with E-state index < -0.39 is 35.2 Å². The molecule has 3 aliphatic rings. The van der Waals surface area contributed by atoms with E-state index in [2.05, 4.69) is 10.00 Å². The van der Waals surface area contributed by atoms with E-state index >= 15 is 0 Å². The summed E-state index contributed by atoms with van der Waals surface area (Å²) >= 11 is 0. The second kappa shape index (κ2) is 15.8. The zero-order valence-electron chi connectivity index (χ0n) is 30.1. The first-order chi connectivity index (χ1) is 25.2. The maximum atomic E-state index is 14.7. The number of rotatable bonds is 10. The summed E-state index contributed by atoms with van der Waals surface area (Å²) in [6.07, 6.45) is -1.87. The van der Waals surface area contributed by atoms with Gasteiger partial charge in [-0.05, 0) is 80.6 Å². The zero-order chi connectivity index (χ0) is 39.6. The van der Waals surface area contributed by atoms with Crippen molar-refractivity contribution in [2.45, 2.75) is 70.7 Å². The van der Waals surface area contributed by atoms with Crippen molar-refractivity contribution in [1.82, 2.24) is 19.6 Å². The lowest BCUT2D eigenvalue weighted by Crippen LogP contribution is -2.59. The van der Waals surface area contributed by atoms with Gasteiger partial charge in [-0.2, -0.15) is 18.3 Å². The van der Waals surface area contributed by atoms with Crippen molar-refractivity contribution >= 4 is 18.2 Å². The number of hydrogen-bond donors (Lipinski definition) is 1. The molecule has 2 aliphatic heterocycles. The van der Waals surface area contributed by atoms with Crippen molar-refractivity contribution < 1.29 is 55.0 Å². The molecule has 3 heterocycles. The Balaban J connectivity index is 0.000000554. The molecule has 2 aromatic carbocycles. The summed E-state index contributed by atoms with van der Waals surface area (Å²) in [7, 11) is 2.00. The SMILES string of the molecule is CC(C)(C=O)C(F)(F)F.CN1CC2(C1)CN(C(=O)c1cnn(Cc3ccc(F)cc3)c1)CC2COCc1cc(F)cc(C2CCC(F)(F)CC2)c1C(=O)O. The van der Waals surface area contributed by atoms with E-state index in [0.29, 0.717) is 25.2 Å². The minimum absolute atomic E-state index is 0.0335. The van der Waals surface area contributed by atoms with Gasteiger partial charge < -0.3 is 24.4 Å². The zero-order valence-corrected chi connectivity index (χ0v) is 30.1. The highest BCUT2D eigenvalue weighted by Crippen LogP contribution is 2.45. The number of aromatic nitrogens is 2. The minimum atomic E-state index is -4.42. The fourth-order valence-electron chi connectivity index (χ4n) is 7.44. The van der Waals surface area contributed by atoms with Gasteiger partial charge in [-0.25, -0.2) is 22.4 Å². The molecule has 0 radical (unpaired) electrons. The predicted octanol–water partition coefficient (Wildman–Crippen LogP) is 7.20. The first-order valence-corrected chi connectivity index (χ1v) is 17.5. The monoisotopic (exact) mass is 768 g/mol. The number of aromatic carboxylic acids is 1. The van der Waals surface area contributed by atoms with Crippen LogP contribution >= 0.6 is 0 Å². The smallest absolute Gasteiger partial charge is 0.400 e. The first-order valence-electron chi connectivity index (χ1n) is 17.5.